The van der Waals surface area contributed by atoms with Crippen molar-refractivity contribution >= 4 is 23.4 Å². The molecule has 8 heteroatoms. The molecule has 1 atom stereocenters. The molecule has 0 radical (unpaired) electrons. The fourth-order valence-corrected chi connectivity index (χ4v) is 1.74. The van der Waals surface area contributed by atoms with E-state index in [2.05, 4.69) is 9.84 Å². The zero-order valence-corrected chi connectivity index (χ0v) is 11.0. The largest absolute Gasteiger partial charge is 0.467 e. The number of halogens is 1. The van der Waals surface area contributed by atoms with E-state index in [0.717, 1.165) is 0 Å². The van der Waals surface area contributed by atoms with Crippen LogP contribution in [0.2, 0.25) is 5.02 Å². The number of ether oxygens (including phenoxy) is 1. The zero-order chi connectivity index (χ0) is 13.9. The third kappa shape index (κ3) is 3.19. The minimum absolute atomic E-state index is 0.0994. The maximum atomic E-state index is 11.6. The summed E-state index contributed by atoms with van der Waals surface area (Å²) in [6.07, 6.45) is 1.73. The Hall–Kier alpha value is -1.63. The second-order valence-electron chi connectivity index (χ2n) is 4.21. The molecule has 0 saturated heterocycles. The predicted molar refractivity (Wildman–Crippen MR) is 64.4 cm³/mol. The fourth-order valence-electron chi connectivity index (χ4n) is 1.54. The van der Waals surface area contributed by atoms with Crippen molar-refractivity contribution in [3.05, 3.63) is 21.3 Å². The van der Waals surface area contributed by atoms with Crippen molar-refractivity contribution in [2.45, 2.75) is 26.3 Å². The Bertz CT molecular complexity index is 458. The predicted octanol–water partition coefficient (Wildman–Crippen LogP) is 2.20. The lowest BCUT2D eigenvalue weighted by atomic mass is 10.0. The van der Waals surface area contributed by atoms with Gasteiger partial charge in [-0.05, 0) is 17.3 Å². The smallest absolute Gasteiger partial charge is 0.408 e. The molecule has 0 unspecified atom stereocenters. The van der Waals surface area contributed by atoms with Gasteiger partial charge in [-0.1, -0.05) is 25.4 Å². The van der Waals surface area contributed by atoms with Crippen LogP contribution in [0.5, 0.6) is 0 Å². The molecule has 0 bridgehead atoms. The molecule has 0 saturated carbocycles. The highest BCUT2D eigenvalue weighted by Gasteiger charge is 2.29. The van der Waals surface area contributed by atoms with E-state index in [-0.39, 0.29) is 10.9 Å². The highest BCUT2D eigenvalue weighted by atomic mass is 35.5. The second-order valence-corrected chi connectivity index (χ2v) is 4.61. The van der Waals surface area contributed by atoms with Gasteiger partial charge < -0.3 is 14.9 Å². The summed E-state index contributed by atoms with van der Waals surface area (Å²) in [6.45, 7) is 3.85. The normalized spacial score (nSPS) is 12.5. The summed E-state index contributed by atoms with van der Waals surface area (Å²) < 4.78 is 5.85. The molecule has 0 aliphatic carbocycles. The molecule has 0 amide bonds. The van der Waals surface area contributed by atoms with Gasteiger partial charge in [0.1, 0.15) is 0 Å². The van der Waals surface area contributed by atoms with Crippen LogP contribution in [-0.2, 0) is 9.53 Å². The van der Waals surface area contributed by atoms with Crippen LogP contribution >= 0.6 is 11.6 Å². The minimum Gasteiger partial charge on any atom is -0.467 e. The monoisotopic (exact) mass is 275 g/mol. The summed E-state index contributed by atoms with van der Waals surface area (Å²) in [6, 6.07) is -0.707. The number of hydrogen-bond acceptors (Lipinski definition) is 5. The highest BCUT2D eigenvalue weighted by molar-refractivity contribution is 6.32. The Morgan fingerprint density at radius 2 is 2.28 bits per heavy atom. The average molecular weight is 276 g/mol. The van der Waals surface area contributed by atoms with Gasteiger partial charge in [0, 0.05) is 0 Å². The third-order valence-electron chi connectivity index (χ3n) is 2.33. The van der Waals surface area contributed by atoms with Crippen LogP contribution in [0.25, 0.3) is 0 Å². The summed E-state index contributed by atoms with van der Waals surface area (Å²) in [5.41, 5.74) is 0. The third-order valence-corrected chi connectivity index (χ3v) is 2.60. The molecule has 18 heavy (non-hydrogen) atoms. The minimum atomic E-state index is -0.707. The molecule has 0 spiro atoms. The van der Waals surface area contributed by atoms with E-state index >= 15 is 0 Å². The molecule has 1 aromatic rings. The van der Waals surface area contributed by atoms with Crippen molar-refractivity contribution in [2.24, 2.45) is 5.92 Å². The van der Waals surface area contributed by atoms with Crippen molar-refractivity contribution < 1.29 is 14.5 Å². The lowest BCUT2D eigenvalue weighted by Crippen LogP contribution is -2.23. The van der Waals surface area contributed by atoms with Gasteiger partial charge in [0.2, 0.25) is 0 Å². The molecular weight excluding hydrogens is 262 g/mol. The Morgan fingerprint density at radius 1 is 1.67 bits per heavy atom. The molecule has 7 nitrogen and oxygen atoms in total. The van der Waals surface area contributed by atoms with Crippen LogP contribution in [0.1, 0.15) is 26.3 Å². The first-order chi connectivity index (χ1) is 8.36. The van der Waals surface area contributed by atoms with Gasteiger partial charge in [0.15, 0.2) is 11.1 Å². The summed E-state index contributed by atoms with van der Waals surface area (Å²) >= 11 is 5.69. The van der Waals surface area contributed by atoms with E-state index in [0.29, 0.717) is 6.42 Å². The number of aromatic nitrogens is 2. The van der Waals surface area contributed by atoms with E-state index in [1.807, 2.05) is 13.8 Å². The van der Waals surface area contributed by atoms with Gasteiger partial charge >= 0.3 is 11.8 Å². The van der Waals surface area contributed by atoms with Gasteiger partial charge in [-0.3, -0.25) is 0 Å². The Morgan fingerprint density at radius 3 is 2.67 bits per heavy atom. The SMILES string of the molecule is COC(=O)[C@@H](CC(C)C)n1cc(Cl)c([N+](=O)[O-])n1. The van der Waals surface area contributed by atoms with Gasteiger partial charge in [0.05, 0.1) is 18.4 Å². The van der Waals surface area contributed by atoms with Crippen molar-refractivity contribution in [3.8, 4) is 0 Å². The van der Waals surface area contributed by atoms with Crippen LogP contribution < -0.4 is 0 Å². The Labute approximate surface area is 109 Å². The maximum absolute atomic E-state index is 11.6. The second kappa shape index (κ2) is 5.81. The van der Waals surface area contributed by atoms with Gasteiger partial charge in [0.25, 0.3) is 0 Å². The van der Waals surface area contributed by atoms with Gasteiger partial charge in [-0.2, -0.15) is 4.68 Å². The molecule has 1 rings (SSSR count). The quantitative estimate of drug-likeness (QED) is 0.467. The number of nitro groups is 1. The number of hydrogen-bond donors (Lipinski definition) is 0. The standard InChI is InChI=1S/C10H14ClN3O4/c1-6(2)4-8(10(15)18-3)13-5-7(11)9(12-13)14(16)17/h5-6,8H,4H2,1-3H3/t8-/m1/s1. The molecular formula is C10H14ClN3O4. The molecule has 1 heterocycles. The number of carbonyl (C=O) groups is 1. The van der Waals surface area contributed by atoms with E-state index in [4.69, 9.17) is 11.6 Å². The molecule has 0 aromatic carbocycles. The van der Waals surface area contributed by atoms with Crippen LogP contribution in [0.3, 0.4) is 0 Å². The topological polar surface area (TPSA) is 87.3 Å². The first-order valence-corrected chi connectivity index (χ1v) is 5.71. The van der Waals surface area contributed by atoms with Crippen LogP contribution in [0.15, 0.2) is 6.20 Å². The molecule has 0 aliphatic rings. The Kier molecular flexibility index (Phi) is 4.66. The van der Waals surface area contributed by atoms with Crippen molar-refractivity contribution in [1.82, 2.24) is 9.78 Å². The number of methoxy groups -OCH3 is 1. The summed E-state index contributed by atoms with van der Waals surface area (Å²) in [5, 5.41) is 14.3. The van der Waals surface area contributed by atoms with E-state index < -0.39 is 22.8 Å². The number of esters is 1. The van der Waals surface area contributed by atoms with Crippen molar-refractivity contribution in [2.75, 3.05) is 7.11 Å². The molecule has 1 aromatic heterocycles. The van der Waals surface area contributed by atoms with Gasteiger partial charge in [-0.25, -0.2) is 4.79 Å². The summed E-state index contributed by atoms with van der Waals surface area (Å²) in [5.74, 6) is -0.761. The van der Waals surface area contributed by atoms with Crippen LogP contribution in [0, 0.1) is 16.0 Å². The summed E-state index contributed by atoms with van der Waals surface area (Å²) in [4.78, 5) is 21.6. The van der Waals surface area contributed by atoms with Crippen LogP contribution in [-0.4, -0.2) is 27.8 Å². The molecule has 0 fully saturated rings. The average Bonchev–Trinajstić information content (AvgIpc) is 2.66. The van der Waals surface area contributed by atoms with Crippen LogP contribution in [0.4, 0.5) is 5.82 Å². The molecule has 0 aliphatic heterocycles. The lowest BCUT2D eigenvalue weighted by Gasteiger charge is -2.14. The van der Waals surface area contributed by atoms with E-state index in [9.17, 15) is 14.9 Å². The van der Waals surface area contributed by atoms with Crippen molar-refractivity contribution in [1.29, 1.82) is 0 Å². The highest BCUT2D eigenvalue weighted by Crippen LogP contribution is 2.26. The first kappa shape index (κ1) is 14.4. The van der Waals surface area contributed by atoms with Gasteiger partial charge in [-0.15, -0.1) is 0 Å². The lowest BCUT2D eigenvalue weighted by molar-refractivity contribution is -0.389. The first-order valence-electron chi connectivity index (χ1n) is 5.33. The number of rotatable bonds is 5. The number of carbonyl (C=O) groups excluding carboxylic acids is 1. The molecule has 100 valence electrons. The molecule has 0 N–H and O–H groups in total. The zero-order valence-electron chi connectivity index (χ0n) is 10.3. The van der Waals surface area contributed by atoms with E-state index in [1.165, 1.54) is 18.0 Å². The maximum Gasteiger partial charge on any atom is 0.408 e. The number of nitrogens with zero attached hydrogens (tertiary/aromatic N) is 3. The fraction of sp³-hybridized carbons (Fsp3) is 0.600. The van der Waals surface area contributed by atoms with Crippen molar-refractivity contribution in [3.63, 3.8) is 0 Å². The Balaban J connectivity index is 3.09. The summed E-state index contributed by atoms with van der Waals surface area (Å²) in [7, 11) is 1.26. The van der Waals surface area contributed by atoms with E-state index in [1.54, 1.807) is 0 Å².